The van der Waals surface area contributed by atoms with Crippen molar-refractivity contribution in [2.24, 2.45) is 5.73 Å². The van der Waals surface area contributed by atoms with Gasteiger partial charge in [-0.05, 0) is 61.1 Å². The SMILES string of the molecule is CCCC(N)C(=O)NCc1cccc(C)c1.CCCCc1ccc(CF)cc1.COc1cccc(S)c1. The van der Waals surface area contributed by atoms with Crippen LogP contribution < -0.4 is 15.8 Å². The van der Waals surface area contributed by atoms with Gasteiger partial charge in [-0.25, -0.2) is 4.39 Å². The summed E-state index contributed by atoms with van der Waals surface area (Å²) in [6.45, 7) is 6.43. The van der Waals surface area contributed by atoms with Gasteiger partial charge < -0.3 is 15.8 Å². The summed E-state index contributed by atoms with van der Waals surface area (Å²) < 4.78 is 17.1. The van der Waals surface area contributed by atoms with Crippen LogP contribution in [-0.4, -0.2) is 19.1 Å². The summed E-state index contributed by atoms with van der Waals surface area (Å²) in [5.41, 5.74) is 10.1. The van der Waals surface area contributed by atoms with Gasteiger partial charge in [-0.3, -0.25) is 4.79 Å². The fourth-order valence-corrected chi connectivity index (χ4v) is 3.58. The molecule has 0 aliphatic rings. The van der Waals surface area contributed by atoms with Crippen LogP contribution in [0, 0.1) is 6.92 Å². The van der Waals surface area contributed by atoms with Crippen molar-refractivity contribution in [3.05, 3.63) is 95.1 Å². The van der Waals surface area contributed by atoms with E-state index in [2.05, 4.69) is 30.9 Å². The number of nitrogens with one attached hydrogen (secondary N) is 1. The molecule has 3 aromatic rings. The fourth-order valence-electron chi connectivity index (χ4n) is 3.37. The summed E-state index contributed by atoms with van der Waals surface area (Å²) >= 11 is 4.13. The Hall–Kier alpha value is -2.83. The van der Waals surface area contributed by atoms with Crippen LogP contribution in [-0.2, 0) is 24.4 Å². The average molecular weight is 527 g/mol. The highest BCUT2D eigenvalue weighted by molar-refractivity contribution is 7.80. The number of hydrogen-bond acceptors (Lipinski definition) is 4. The maximum absolute atomic E-state index is 12.1. The van der Waals surface area contributed by atoms with E-state index in [1.165, 1.54) is 24.0 Å². The van der Waals surface area contributed by atoms with Gasteiger partial charge in [0.1, 0.15) is 12.4 Å². The molecule has 1 unspecified atom stereocenters. The molecule has 6 heteroatoms. The van der Waals surface area contributed by atoms with E-state index >= 15 is 0 Å². The third-order valence-electron chi connectivity index (χ3n) is 5.54. The van der Waals surface area contributed by atoms with Gasteiger partial charge in [0.25, 0.3) is 0 Å². The molecule has 37 heavy (non-hydrogen) atoms. The lowest BCUT2D eigenvalue weighted by Crippen LogP contribution is -2.40. The molecule has 0 saturated heterocycles. The van der Waals surface area contributed by atoms with E-state index in [1.54, 1.807) is 7.11 Å². The number of methoxy groups -OCH3 is 1. The van der Waals surface area contributed by atoms with Crippen molar-refractivity contribution in [2.75, 3.05) is 7.11 Å². The Balaban J connectivity index is 0.000000289. The number of carbonyl (C=O) groups is 1. The van der Waals surface area contributed by atoms with Gasteiger partial charge >= 0.3 is 0 Å². The zero-order valence-electron chi connectivity index (χ0n) is 22.7. The minimum absolute atomic E-state index is 0.0663. The molecule has 0 aliphatic heterocycles. The lowest BCUT2D eigenvalue weighted by atomic mass is 10.1. The molecule has 0 heterocycles. The van der Waals surface area contributed by atoms with Crippen LogP contribution in [0.3, 0.4) is 0 Å². The number of hydrogen-bond donors (Lipinski definition) is 3. The van der Waals surface area contributed by atoms with Crippen LogP contribution in [0.4, 0.5) is 4.39 Å². The molecule has 0 spiro atoms. The van der Waals surface area contributed by atoms with Crippen molar-refractivity contribution in [1.29, 1.82) is 0 Å². The third kappa shape index (κ3) is 14.5. The van der Waals surface area contributed by atoms with E-state index < -0.39 is 0 Å². The molecule has 0 fully saturated rings. The molecule has 1 amide bonds. The molecule has 0 saturated carbocycles. The Morgan fingerprint density at radius 3 is 2.19 bits per heavy atom. The summed E-state index contributed by atoms with van der Waals surface area (Å²) in [6, 6.07) is 23.0. The van der Waals surface area contributed by atoms with Crippen LogP contribution in [0.5, 0.6) is 5.75 Å². The van der Waals surface area contributed by atoms with Crippen LogP contribution in [0.25, 0.3) is 0 Å². The van der Waals surface area contributed by atoms with Crippen LogP contribution >= 0.6 is 12.6 Å². The molecule has 4 nitrogen and oxygen atoms in total. The second-order valence-electron chi connectivity index (χ2n) is 8.86. The van der Waals surface area contributed by atoms with Gasteiger partial charge in [-0.1, -0.05) is 86.8 Å². The molecule has 3 aromatic carbocycles. The number of nitrogens with two attached hydrogens (primary N) is 1. The topological polar surface area (TPSA) is 64.4 Å². The smallest absolute Gasteiger partial charge is 0.237 e. The number of aryl methyl sites for hydroxylation is 2. The summed E-state index contributed by atoms with van der Waals surface area (Å²) in [7, 11) is 1.64. The Kier molecular flexibility index (Phi) is 16.8. The fraction of sp³-hybridized carbons (Fsp3) is 0.387. The van der Waals surface area contributed by atoms with E-state index in [4.69, 9.17) is 10.5 Å². The number of rotatable bonds is 10. The van der Waals surface area contributed by atoms with Crippen LogP contribution in [0.1, 0.15) is 61.8 Å². The quantitative estimate of drug-likeness (QED) is 0.244. The van der Waals surface area contributed by atoms with E-state index in [1.807, 2.05) is 80.6 Å². The van der Waals surface area contributed by atoms with Crippen LogP contribution in [0.2, 0.25) is 0 Å². The van der Waals surface area contributed by atoms with Gasteiger partial charge in [0.2, 0.25) is 5.91 Å². The Labute approximate surface area is 228 Å². The van der Waals surface area contributed by atoms with E-state index in [0.29, 0.717) is 6.54 Å². The maximum Gasteiger partial charge on any atom is 0.237 e. The van der Waals surface area contributed by atoms with Crippen molar-refractivity contribution in [1.82, 2.24) is 5.32 Å². The molecule has 0 radical (unpaired) electrons. The van der Waals surface area contributed by atoms with Gasteiger partial charge in [0, 0.05) is 11.4 Å². The highest BCUT2D eigenvalue weighted by atomic mass is 32.1. The highest BCUT2D eigenvalue weighted by Crippen LogP contribution is 2.14. The number of benzene rings is 3. The zero-order chi connectivity index (χ0) is 27.5. The second kappa shape index (κ2) is 19.3. The summed E-state index contributed by atoms with van der Waals surface area (Å²) in [6.07, 6.45) is 5.21. The molecular weight excluding hydrogens is 483 g/mol. The Morgan fingerprint density at radius 1 is 0.973 bits per heavy atom. The summed E-state index contributed by atoms with van der Waals surface area (Å²) in [4.78, 5) is 12.5. The molecule has 0 aliphatic carbocycles. The largest absolute Gasteiger partial charge is 0.497 e. The van der Waals surface area contributed by atoms with E-state index in [-0.39, 0.29) is 18.6 Å². The lowest BCUT2D eigenvalue weighted by molar-refractivity contribution is -0.122. The standard InChI is InChI=1S/C13H20N2O.C11H15F.C7H8OS/c1-3-5-12(14)13(16)15-9-11-7-4-6-10(2)8-11;1-2-3-4-10-5-7-11(9-12)8-6-10;1-8-6-3-2-4-7(9)5-6/h4,6-8,12H,3,5,9,14H2,1-2H3,(H,15,16);5-8H,2-4,9H2,1H3;2-5,9H,1H3. The van der Waals surface area contributed by atoms with E-state index in [0.717, 1.165) is 41.0 Å². The van der Waals surface area contributed by atoms with Gasteiger partial charge in [0.05, 0.1) is 13.2 Å². The highest BCUT2D eigenvalue weighted by Gasteiger charge is 2.11. The number of amides is 1. The second-order valence-corrected chi connectivity index (χ2v) is 9.37. The van der Waals surface area contributed by atoms with E-state index in [9.17, 15) is 9.18 Å². The van der Waals surface area contributed by atoms with Crippen molar-refractivity contribution in [3.8, 4) is 5.75 Å². The van der Waals surface area contributed by atoms with Crippen molar-refractivity contribution >= 4 is 18.5 Å². The molecule has 0 bridgehead atoms. The number of alkyl halides is 1. The maximum atomic E-state index is 12.1. The van der Waals surface area contributed by atoms with Gasteiger partial charge in [-0.2, -0.15) is 0 Å². The van der Waals surface area contributed by atoms with Crippen LogP contribution in [0.15, 0.2) is 77.7 Å². The first-order valence-electron chi connectivity index (χ1n) is 12.9. The first-order chi connectivity index (χ1) is 17.8. The molecule has 3 N–H and O–H groups in total. The molecule has 1 atom stereocenters. The van der Waals surface area contributed by atoms with Gasteiger partial charge in [-0.15, -0.1) is 12.6 Å². The predicted molar refractivity (Wildman–Crippen MR) is 156 cm³/mol. The number of thiol groups is 1. The first kappa shape index (κ1) is 32.2. The number of ether oxygens (including phenoxy) is 1. The zero-order valence-corrected chi connectivity index (χ0v) is 23.6. The third-order valence-corrected chi connectivity index (χ3v) is 5.81. The Morgan fingerprint density at radius 2 is 1.65 bits per heavy atom. The molecule has 3 rings (SSSR count). The van der Waals surface area contributed by atoms with Crippen molar-refractivity contribution < 1.29 is 13.9 Å². The predicted octanol–water partition coefficient (Wildman–Crippen LogP) is 7.22. The number of unbranched alkanes of at least 4 members (excludes halogenated alkanes) is 1. The molecular formula is C31H43FN2O2S. The van der Waals surface area contributed by atoms with Gasteiger partial charge in [0.15, 0.2) is 0 Å². The normalized spacial score (nSPS) is 10.8. The molecule has 0 aromatic heterocycles. The van der Waals surface area contributed by atoms with Crippen molar-refractivity contribution in [2.45, 2.75) is 77.0 Å². The monoisotopic (exact) mass is 526 g/mol. The lowest BCUT2D eigenvalue weighted by Gasteiger charge is -2.11. The van der Waals surface area contributed by atoms with Crippen molar-refractivity contribution in [3.63, 3.8) is 0 Å². The average Bonchev–Trinajstić information content (AvgIpc) is 2.91. The minimum Gasteiger partial charge on any atom is -0.497 e. The summed E-state index contributed by atoms with van der Waals surface area (Å²) in [5.74, 6) is 0.783. The number of carbonyl (C=O) groups excluding carboxylic acids is 1. The first-order valence-corrected chi connectivity index (χ1v) is 13.3. The Bertz CT molecular complexity index is 1030. The number of halogens is 1. The minimum atomic E-state index is -0.380. The summed E-state index contributed by atoms with van der Waals surface area (Å²) in [5, 5.41) is 2.85. The molecule has 202 valence electrons.